The number of carbonyl (C=O) groups excluding carboxylic acids is 2. The molecule has 0 N–H and O–H groups in total. The fraction of sp³-hybridized carbons (Fsp3) is 0.0588. The number of benzene rings is 1. The van der Waals surface area contributed by atoms with Gasteiger partial charge in [-0.05, 0) is 36.0 Å². The zero-order valence-electron chi connectivity index (χ0n) is 11.9. The van der Waals surface area contributed by atoms with Crippen LogP contribution in [0.25, 0.3) is 6.08 Å². The monoisotopic (exact) mass is 341 g/mol. The SMILES string of the molecule is C#CCN1C(=O)S/C(=C/c2ccc(Sc3ccccc3)o2)C1=O. The summed E-state index contributed by atoms with van der Waals surface area (Å²) in [6, 6.07) is 13.4. The first-order chi connectivity index (χ1) is 11.2. The Bertz CT molecular complexity index is 818. The van der Waals surface area contributed by atoms with E-state index in [1.807, 2.05) is 36.4 Å². The minimum absolute atomic E-state index is 0.0186. The molecule has 1 fully saturated rings. The van der Waals surface area contributed by atoms with E-state index in [0.717, 1.165) is 21.6 Å². The van der Waals surface area contributed by atoms with E-state index >= 15 is 0 Å². The summed E-state index contributed by atoms with van der Waals surface area (Å²) >= 11 is 2.35. The van der Waals surface area contributed by atoms with Gasteiger partial charge in [0.25, 0.3) is 11.1 Å². The van der Waals surface area contributed by atoms with Crippen LogP contribution >= 0.6 is 23.5 Å². The number of amides is 2. The van der Waals surface area contributed by atoms with Crippen molar-refractivity contribution in [1.82, 2.24) is 4.90 Å². The van der Waals surface area contributed by atoms with E-state index < -0.39 is 0 Å². The van der Waals surface area contributed by atoms with E-state index in [1.54, 1.807) is 12.1 Å². The molecule has 2 heterocycles. The number of rotatable bonds is 4. The Morgan fingerprint density at radius 2 is 2.00 bits per heavy atom. The summed E-state index contributed by atoms with van der Waals surface area (Å²) in [6.07, 6.45) is 6.73. The second-order valence-corrected chi connectivity index (χ2v) is 6.61. The summed E-state index contributed by atoms with van der Waals surface area (Å²) in [7, 11) is 0. The summed E-state index contributed by atoms with van der Waals surface area (Å²) < 4.78 is 5.68. The lowest BCUT2D eigenvalue weighted by molar-refractivity contribution is -0.122. The molecule has 0 spiro atoms. The van der Waals surface area contributed by atoms with Gasteiger partial charge < -0.3 is 4.42 Å². The molecule has 4 nitrogen and oxygen atoms in total. The Kier molecular flexibility index (Phi) is 4.60. The van der Waals surface area contributed by atoms with Gasteiger partial charge >= 0.3 is 0 Å². The lowest BCUT2D eigenvalue weighted by atomic mass is 10.3. The van der Waals surface area contributed by atoms with E-state index in [1.165, 1.54) is 11.8 Å². The highest BCUT2D eigenvalue weighted by atomic mass is 32.2. The molecular weight excluding hydrogens is 330 g/mol. The lowest BCUT2D eigenvalue weighted by Gasteiger charge is -2.06. The Labute approximate surface area is 141 Å². The van der Waals surface area contributed by atoms with Crippen molar-refractivity contribution in [2.45, 2.75) is 9.99 Å². The van der Waals surface area contributed by atoms with E-state index in [0.29, 0.717) is 15.8 Å². The lowest BCUT2D eigenvalue weighted by Crippen LogP contribution is -2.28. The number of hydrogen-bond acceptors (Lipinski definition) is 5. The molecule has 1 aromatic carbocycles. The van der Waals surface area contributed by atoms with E-state index in [4.69, 9.17) is 10.8 Å². The smallest absolute Gasteiger partial charge is 0.294 e. The number of terminal acetylenes is 1. The van der Waals surface area contributed by atoms with E-state index in [2.05, 4.69) is 5.92 Å². The van der Waals surface area contributed by atoms with Gasteiger partial charge in [0.1, 0.15) is 5.76 Å². The number of furan rings is 1. The topological polar surface area (TPSA) is 50.5 Å². The molecule has 0 saturated carbocycles. The van der Waals surface area contributed by atoms with Crippen molar-refractivity contribution in [2.24, 2.45) is 0 Å². The fourth-order valence-electron chi connectivity index (χ4n) is 1.93. The second kappa shape index (κ2) is 6.82. The van der Waals surface area contributed by atoms with Crippen molar-refractivity contribution < 1.29 is 14.0 Å². The highest BCUT2D eigenvalue weighted by molar-refractivity contribution is 8.18. The highest BCUT2D eigenvalue weighted by Gasteiger charge is 2.34. The quantitative estimate of drug-likeness (QED) is 0.619. The van der Waals surface area contributed by atoms with Crippen LogP contribution in [0.3, 0.4) is 0 Å². The summed E-state index contributed by atoms with van der Waals surface area (Å²) in [5, 5.41) is 0.356. The van der Waals surface area contributed by atoms with E-state index in [-0.39, 0.29) is 17.7 Å². The van der Waals surface area contributed by atoms with Crippen LogP contribution in [0.1, 0.15) is 5.76 Å². The van der Waals surface area contributed by atoms with Crippen molar-refractivity contribution in [2.75, 3.05) is 6.54 Å². The maximum Gasteiger partial charge on any atom is 0.294 e. The molecule has 0 bridgehead atoms. The number of carbonyl (C=O) groups is 2. The zero-order valence-corrected chi connectivity index (χ0v) is 13.5. The maximum absolute atomic E-state index is 12.1. The molecule has 2 aromatic rings. The van der Waals surface area contributed by atoms with Crippen LogP contribution in [0.4, 0.5) is 4.79 Å². The minimum atomic E-state index is -0.383. The Hall–Kier alpha value is -2.36. The Morgan fingerprint density at radius 1 is 1.22 bits per heavy atom. The predicted octanol–water partition coefficient (Wildman–Crippen LogP) is 4.10. The summed E-state index contributed by atoms with van der Waals surface area (Å²) in [5.41, 5.74) is 0. The molecule has 6 heteroatoms. The van der Waals surface area contributed by atoms with Gasteiger partial charge in [-0.1, -0.05) is 35.9 Å². The number of thioether (sulfide) groups is 1. The highest BCUT2D eigenvalue weighted by Crippen LogP contribution is 2.34. The van der Waals surface area contributed by atoms with Gasteiger partial charge in [-0.15, -0.1) is 6.42 Å². The predicted molar refractivity (Wildman–Crippen MR) is 90.8 cm³/mol. The molecule has 1 aliphatic rings. The van der Waals surface area contributed by atoms with Crippen molar-refractivity contribution in [3.8, 4) is 12.3 Å². The molecule has 0 unspecified atom stereocenters. The average molecular weight is 341 g/mol. The van der Waals surface area contributed by atoms with Crippen molar-refractivity contribution in [3.05, 3.63) is 53.1 Å². The van der Waals surface area contributed by atoms with Gasteiger partial charge in [0.15, 0.2) is 5.09 Å². The number of imide groups is 1. The third-order valence-electron chi connectivity index (χ3n) is 2.96. The third-order valence-corrected chi connectivity index (χ3v) is 4.80. The molecule has 0 aliphatic carbocycles. The van der Waals surface area contributed by atoms with Gasteiger partial charge in [-0.2, -0.15) is 0 Å². The van der Waals surface area contributed by atoms with Crippen molar-refractivity contribution >= 4 is 40.7 Å². The van der Waals surface area contributed by atoms with Crippen LogP contribution in [0.5, 0.6) is 0 Å². The van der Waals surface area contributed by atoms with Crippen LogP contribution in [0.15, 0.2) is 61.8 Å². The largest absolute Gasteiger partial charge is 0.450 e. The van der Waals surface area contributed by atoms with Crippen molar-refractivity contribution in [3.63, 3.8) is 0 Å². The molecule has 114 valence electrons. The van der Waals surface area contributed by atoms with Crippen LogP contribution < -0.4 is 0 Å². The maximum atomic E-state index is 12.1. The van der Waals surface area contributed by atoms with Crippen molar-refractivity contribution in [1.29, 1.82) is 0 Å². The summed E-state index contributed by atoms with van der Waals surface area (Å²) in [4.78, 5) is 26.2. The average Bonchev–Trinajstić information content (AvgIpc) is 3.09. The van der Waals surface area contributed by atoms with Gasteiger partial charge in [0, 0.05) is 11.0 Å². The first kappa shape index (κ1) is 15.5. The molecule has 0 radical (unpaired) electrons. The van der Waals surface area contributed by atoms with Gasteiger partial charge in [-0.25, -0.2) is 0 Å². The second-order valence-electron chi connectivity index (χ2n) is 4.54. The Balaban J connectivity index is 1.75. The minimum Gasteiger partial charge on any atom is -0.450 e. The molecule has 0 atom stereocenters. The normalized spacial score (nSPS) is 16.1. The first-order valence-electron chi connectivity index (χ1n) is 6.69. The van der Waals surface area contributed by atoms with Crippen LogP contribution in [-0.2, 0) is 4.79 Å². The standard InChI is InChI=1S/C17H11NO3S2/c1-2-10-18-16(19)14(23-17(18)20)11-12-8-9-15(21-12)22-13-6-4-3-5-7-13/h1,3-9,11H,10H2/b14-11+. The molecule has 1 aromatic heterocycles. The number of hydrogen-bond donors (Lipinski definition) is 0. The molecule has 23 heavy (non-hydrogen) atoms. The van der Waals surface area contributed by atoms with Crippen LogP contribution in [0.2, 0.25) is 0 Å². The molecule has 3 rings (SSSR count). The molecular formula is C17H11NO3S2. The number of nitrogens with zero attached hydrogens (tertiary/aromatic N) is 1. The zero-order chi connectivity index (χ0) is 16.2. The van der Waals surface area contributed by atoms with Crippen LogP contribution in [0, 0.1) is 12.3 Å². The molecule has 1 aliphatic heterocycles. The molecule has 2 amide bonds. The Morgan fingerprint density at radius 3 is 2.74 bits per heavy atom. The van der Waals surface area contributed by atoms with Crippen LogP contribution in [-0.4, -0.2) is 22.6 Å². The van der Waals surface area contributed by atoms with E-state index in [9.17, 15) is 9.59 Å². The fourth-order valence-corrected chi connectivity index (χ4v) is 3.55. The van der Waals surface area contributed by atoms with Gasteiger partial charge in [0.05, 0.1) is 11.4 Å². The molecule has 1 saturated heterocycles. The summed E-state index contributed by atoms with van der Waals surface area (Å²) in [5.74, 6) is 2.44. The first-order valence-corrected chi connectivity index (χ1v) is 8.32. The van der Waals surface area contributed by atoms with Gasteiger partial charge in [0.2, 0.25) is 0 Å². The van der Waals surface area contributed by atoms with Gasteiger partial charge in [-0.3, -0.25) is 14.5 Å². The third kappa shape index (κ3) is 3.52. The summed E-state index contributed by atoms with van der Waals surface area (Å²) in [6.45, 7) is -0.0186.